The van der Waals surface area contributed by atoms with Crippen LogP contribution in [0, 0.1) is 6.92 Å². The van der Waals surface area contributed by atoms with Crippen LogP contribution in [-0.2, 0) is 0 Å². The number of halogens is 3. The molecule has 2 nitrogen and oxygen atoms in total. The van der Waals surface area contributed by atoms with Crippen molar-refractivity contribution in [1.82, 2.24) is 4.98 Å². The van der Waals surface area contributed by atoms with Crippen LogP contribution in [-0.4, -0.2) is 18.6 Å². The fourth-order valence-corrected chi connectivity index (χ4v) is 1.60. The lowest BCUT2D eigenvalue weighted by Gasteiger charge is -2.18. The number of pyridine rings is 1. The largest absolute Gasteiger partial charge is 0.508 e. The fourth-order valence-electron chi connectivity index (χ4n) is 1.60. The first-order valence-corrected chi connectivity index (χ1v) is 5.75. The van der Waals surface area contributed by atoms with E-state index in [2.05, 4.69) is 11.6 Å². The molecule has 0 aliphatic rings. The number of hydrogen-bond donors (Lipinski definition) is 0. The van der Waals surface area contributed by atoms with Crippen LogP contribution in [0.1, 0.15) is 5.69 Å². The van der Waals surface area contributed by atoms with Gasteiger partial charge >= 0.3 is 6.98 Å². The number of ether oxygens (including phenoxy) is 1. The van der Waals surface area contributed by atoms with E-state index in [0.29, 0.717) is 11.3 Å². The van der Waals surface area contributed by atoms with Crippen molar-refractivity contribution < 1.29 is 17.7 Å². The normalized spacial score (nSPS) is 11.6. The Kier molecular flexibility index (Phi) is 3.51. The minimum Gasteiger partial charge on any atom is -0.490 e. The van der Waals surface area contributed by atoms with E-state index >= 15 is 0 Å². The van der Waals surface area contributed by atoms with Crippen LogP contribution in [0.4, 0.5) is 12.9 Å². The molecule has 0 spiro atoms. The molecule has 0 bridgehead atoms. The van der Waals surface area contributed by atoms with Crippen molar-refractivity contribution in [3.63, 3.8) is 0 Å². The molecule has 1 heterocycles. The second kappa shape index (κ2) is 4.95. The van der Waals surface area contributed by atoms with E-state index in [-0.39, 0.29) is 0 Å². The third-order valence-electron chi connectivity index (χ3n) is 2.70. The van der Waals surface area contributed by atoms with Crippen molar-refractivity contribution in [3.8, 4) is 5.75 Å². The summed E-state index contributed by atoms with van der Waals surface area (Å²) in [6.45, 7) is -0.827. The number of aryl methyl sites for hydroxylation is 1. The van der Waals surface area contributed by atoms with Crippen molar-refractivity contribution >= 4 is 17.9 Å². The first kappa shape index (κ1) is 13.5. The molecule has 0 atom stereocenters. The molecule has 1 aromatic heterocycles. The molecule has 0 unspecified atom stereocenters. The summed E-state index contributed by atoms with van der Waals surface area (Å²) in [6.07, 6.45) is 0. The Morgan fingerprint density at radius 1 is 1.26 bits per heavy atom. The monoisotopic (exact) mass is 266 g/mol. The van der Waals surface area contributed by atoms with Crippen LogP contribution < -0.4 is 4.74 Å². The summed E-state index contributed by atoms with van der Waals surface area (Å²) in [5.41, 5.74) is 0.483. The highest BCUT2D eigenvalue weighted by Crippen LogP contribution is 2.25. The van der Waals surface area contributed by atoms with Crippen LogP contribution in [0.15, 0.2) is 42.4 Å². The summed E-state index contributed by atoms with van der Waals surface area (Å²) in [4.78, 5) is 4.28. The molecule has 0 N–H and O–H groups in total. The van der Waals surface area contributed by atoms with Gasteiger partial charge in [0, 0.05) is 11.1 Å². The van der Waals surface area contributed by atoms with Gasteiger partial charge in [-0.1, -0.05) is 18.2 Å². The summed E-state index contributed by atoms with van der Waals surface area (Å²) in [7, 11) is 0. The summed E-state index contributed by atoms with van der Waals surface area (Å²) in [6, 6.07) is 8.84. The van der Waals surface area contributed by atoms with E-state index in [4.69, 9.17) is 4.74 Å². The van der Waals surface area contributed by atoms with Crippen LogP contribution in [0.3, 0.4) is 0 Å². The molecule has 0 saturated carbocycles. The van der Waals surface area contributed by atoms with Gasteiger partial charge in [0.1, 0.15) is 11.3 Å². The van der Waals surface area contributed by atoms with Gasteiger partial charge in [0.2, 0.25) is 0 Å². The van der Waals surface area contributed by atoms with E-state index in [1.807, 2.05) is 25.1 Å². The summed E-state index contributed by atoms with van der Waals surface area (Å²) in [5, 5.41) is 0.825. The minimum absolute atomic E-state index is 0.336. The highest BCUT2D eigenvalue weighted by Gasteiger charge is 2.27. The molecule has 100 valence electrons. The Balaban J connectivity index is 2.26. The first-order chi connectivity index (χ1) is 8.88. The Morgan fingerprint density at radius 2 is 2.00 bits per heavy atom. The van der Waals surface area contributed by atoms with Crippen molar-refractivity contribution in [3.05, 3.63) is 48.1 Å². The molecular weight excluding hydrogens is 254 g/mol. The van der Waals surface area contributed by atoms with Crippen molar-refractivity contribution in [2.75, 3.05) is 6.61 Å². The third kappa shape index (κ3) is 3.07. The summed E-state index contributed by atoms with van der Waals surface area (Å²) >= 11 is 0. The molecule has 0 radical (unpaired) electrons. The van der Waals surface area contributed by atoms with E-state index in [9.17, 15) is 12.9 Å². The number of nitrogens with zero attached hydrogens (tertiary/aromatic N) is 1. The van der Waals surface area contributed by atoms with Crippen LogP contribution in [0.2, 0.25) is 0 Å². The van der Waals surface area contributed by atoms with Crippen molar-refractivity contribution in [2.45, 2.75) is 6.92 Å². The number of aromatic nitrogens is 1. The lowest BCUT2D eigenvalue weighted by Crippen LogP contribution is -2.23. The van der Waals surface area contributed by atoms with Gasteiger partial charge in [-0.25, -0.2) is 4.98 Å². The maximum absolute atomic E-state index is 12.4. The van der Waals surface area contributed by atoms with Gasteiger partial charge in [0.05, 0.1) is 6.61 Å². The standard InChI is InChI=1S/C13H12BF3NO/c1-9(14(15,16)17)8-19-12-5-3-4-11-7-6-10(2)18-13(11)12/h3-7H,1,8H2,2H3/q-1. The van der Waals surface area contributed by atoms with E-state index in [1.165, 1.54) is 0 Å². The van der Waals surface area contributed by atoms with Crippen LogP contribution >= 0.6 is 0 Å². The number of hydrogen-bond acceptors (Lipinski definition) is 2. The van der Waals surface area contributed by atoms with Gasteiger partial charge in [0.15, 0.2) is 0 Å². The zero-order chi connectivity index (χ0) is 14.0. The van der Waals surface area contributed by atoms with Crippen LogP contribution in [0.5, 0.6) is 5.75 Å². The maximum Gasteiger partial charge on any atom is 0.508 e. The van der Waals surface area contributed by atoms with Crippen LogP contribution in [0.25, 0.3) is 10.9 Å². The number of fused-ring (bicyclic) bond motifs is 1. The number of benzene rings is 1. The molecular formula is C13H12BF3NO-. The van der Waals surface area contributed by atoms with E-state index in [0.717, 1.165) is 11.1 Å². The lowest BCUT2D eigenvalue weighted by atomic mass is 9.81. The van der Waals surface area contributed by atoms with E-state index in [1.54, 1.807) is 12.1 Å². The smallest absolute Gasteiger partial charge is 0.490 e. The highest BCUT2D eigenvalue weighted by molar-refractivity contribution is 6.66. The lowest BCUT2D eigenvalue weighted by molar-refractivity contribution is 0.350. The molecule has 0 saturated heterocycles. The average Bonchev–Trinajstić information content (AvgIpc) is 2.34. The number of para-hydroxylation sites is 1. The third-order valence-corrected chi connectivity index (χ3v) is 2.70. The molecule has 2 aromatic rings. The molecule has 1 aromatic carbocycles. The second-order valence-corrected chi connectivity index (χ2v) is 4.30. The van der Waals surface area contributed by atoms with Gasteiger partial charge in [-0.2, -0.15) is 0 Å². The topological polar surface area (TPSA) is 22.1 Å². The predicted molar refractivity (Wildman–Crippen MR) is 70.2 cm³/mol. The van der Waals surface area contributed by atoms with E-state index < -0.39 is 19.1 Å². The first-order valence-electron chi connectivity index (χ1n) is 5.75. The van der Waals surface area contributed by atoms with Gasteiger partial charge in [0.25, 0.3) is 0 Å². The average molecular weight is 266 g/mol. The molecule has 19 heavy (non-hydrogen) atoms. The Morgan fingerprint density at radius 3 is 2.68 bits per heavy atom. The zero-order valence-corrected chi connectivity index (χ0v) is 10.4. The molecule has 2 rings (SSSR count). The Bertz CT molecular complexity index is 625. The summed E-state index contributed by atoms with van der Waals surface area (Å²) < 4.78 is 42.4. The number of rotatable bonds is 4. The van der Waals surface area contributed by atoms with Gasteiger partial charge in [-0.15, -0.1) is 12.1 Å². The highest BCUT2D eigenvalue weighted by atomic mass is 19.4. The van der Waals surface area contributed by atoms with Gasteiger partial charge in [-0.3, -0.25) is 0 Å². The molecule has 0 fully saturated rings. The van der Waals surface area contributed by atoms with Gasteiger partial charge in [-0.05, 0) is 19.1 Å². The maximum atomic E-state index is 12.4. The fraction of sp³-hybridized carbons (Fsp3) is 0.154. The summed E-state index contributed by atoms with van der Waals surface area (Å²) in [5.74, 6) is 0.336. The predicted octanol–water partition coefficient (Wildman–Crippen LogP) is 3.86. The molecule has 6 heteroatoms. The van der Waals surface area contributed by atoms with Crippen molar-refractivity contribution in [2.24, 2.45) is 0 Å². The molecule has 0 aliphatic carbocycles. The Labute approximate surface area is 109 Å². The quantitative estimate of drug-likeness (QED) is 0.784. The SMILES string of the molecule is C=C(COc1cccc2ccc(C)nc12)[B-](F)(F)F. The molecule has 0 aliphatic heterocycles. The zero-order valence-electron chi connectivity index (χ0n) is 10.4. The molecule has 0 amide bonds. The van der Waals surface area contributed by atoms with Gasteiger partial charge < -0.3 is 17.7 Å². The minimum atomic E-state index is -5.06. The van der Waals surface area contributed by atoms with Crippen molar-refractivity contribution in [1.29, 1.82) is 0 Å². The second-order valence-electron chi connectivity index (χ2n) is 4.30. The Hall–Kier alpha value is -1.98.